The van der Waals surface area contributed by atoms with E-state index >= 15 is 0 Å². The SMILES string of the molecule is CCC(=O)CC(C(=O)O)C(=O)O. The van der Waals surface area contributed by atoms with E-state index in [0.29, 0.717) is 0 Å². The van der Waals surface area contributed by atoms with Gasteiger partial charge in [0.05, 0.1) is 0 Å². The predicted octanol–water partition coefficient (Wildman–Crippen LogP) is 0.141. The minimum atomic E-state index is -1.60. The van der Waals surface area contributed by atoms with Gasteiger partial charge in [0.2, 0.25) is 0 Å². The highest BCUT2D eigenvalue weighted by atomic mass is 16.4. The average molecular weight is 174 g/mol. The molecule has 0 aliphatic carbocycles. The number of aliphatic carboxylic acids is 2. The van der Waals surface area contributed by atoms with Crippen LogP contribution in [0.2, 0.25) is 0 Å². The van der Waals surface area contributed by atoms with Gasteiger partial charge in [0.15, 0.2) is 5.92 Å². The Morgan fingerprint density at radius 1 is 1.17 bits per heavy atom. The minimum absolute atomic E-state index is 0.164. The molecule has 0 aromatic heterocycles. The van der Waals surface area contributed by atoms with Crippen LogP contribution in [0.3, 0.4) is 0 Å². The maximum atomic E-state index is 10.7. The number of carboxylic acids is 2. The second kappa shape index (κ2) is 4.48. The molecule has 12 heavy (non-hydrogen) atoms. The maximum absolute atomic E-state index is 10.7. The first kappa shape index (κ1) is 10.6. The lowest BCUT2D eigenvalue weighted by molar-refractivity contribution is -0.156. The molecule has 0 rings (SSSR count). The molecular weight excluding hydrogens is 164 g/mol. The van der Waals surface area contributed by atoms with Crippen molar-refractivity contribution < 1.29 is 24.6 Å². The van der Waals surface area contributed by atoms with Crippen LogP contribution in [-0.4, -0.2) is 27.9 Å². The van der Waals surface area contributed by atoms with E-state index in [4.69, 9.17) is 10.2 Å². The largest absolute Gasteiger partial charge is 0.481 e. The Morgan fingerprint density at radius 2 is 1.58 bits per heavy atom. The summed E-state index contributed by atoms with van der Waals surface area (Å²) in [5.41, 5.74) is 0. The van der Waals surface area contributed by atoms with Crippen LogP contribution in [0.4, 0.5) is 0 Å². The van der Waals surface area contributed by atoms with Gasteiger partial charge in [-0.1, -0.05) is 6.92 Å². The summed E-state index contributed by atoms with van der Waals surface area (Å²) < 4.78 is 0. The molecule has 0 spiro atoms. The Kier molecular flexibility index (Phi) is 3.96. The van der Waals surface area contributed by atoms with Crippen LogP contribution in [0.1, 0.15) is 19.8 Å². The Bertz CT molecular complexity index is 194. The number of carbonyl (C=O) groups is 3. The lowest BCUT2D eigenvalue weighted by Gasteiger charge is -2.03. The molecule has 0 saturated carbocycles. The Hall–Kier alpha value is -1.39. The third-order valence-corrected chi connectivity index (χ3v) is 1.42. The molecule has 0 aliphatic rings. The minimum Gasteiger partial charge on any atom is -0.481 e. The summed E-state index contributed by atoms with van der Waals surface area (Å²) in [6.45, 7) is 1.56. The van der Waals surface area contributed by atoms with Crippen molar-refractivity contribution in [3.05, 3.63) is 0 Å². The van der Waals surface area contributed by atoms with E-state index in [9.17, 15) is 14.4 Å². The number of hydrogen-bond acceptors (Lipinski definition) is 3. The first-order valence-electron chi connectivity index (χ1n) is 3.46. The highest BCUT2D eigenvalue weighted by Gasteiger charge is 2.27. The van der Waals surface area contributed by atoms with Gasteiger partial charge in [0, 0.05) is 12.8 Å². The number of hydrogen-bond donors (Lipinski definition) is 2. The third-order valence-electron chi connectivity index (χ3n) is 1.42. The van der Waals surface area contributed by atoms with Crippen LogP contribution in [0.5, 0.6) is 0 Å². The summed E-state index contributed by atoms with van der Waals surface area (Å²) in [6.07, 6.45) is -0.266. The number of rotatable bonds is 5. The van der Waals surface area contributed by atoms with E-state index in [0.717, 1.165) is 0 Å². The summed E-state index contributed by atoms with van der Waals surface area (Å²) in [5, 5.41) is 16.7. The normalized spacial score (nSPS) is 9.83. The van der Waals surface area contributed by atoms with E-state index < -0.39 is 24.3 Å². The van der Waals surface area contributed by atoms with Crippen molar-refractivity contribution in [3.8, 4) is 0 Å². The van der Waals surface area contributed by atoms with E-state index in [2.05, 4.69) is 0 Å². The van der Waals surface area contributed by atoms with Crippen LogP contribution in [0.15, 0.2) is 0 Å². The number of carbonyl (C=O) groups excluding carboxylic acids is 1. The zero-order chi connectivity index (χ0) is 9.72. The number of Topliss-reactive ketones (excluding diaryl/α,β-unsaturated/α-hetero) is 1. The molecule has 0 saturated heterocycles. The van der Waals surface area contributed by atoms with Gasteiger partial charge in [-0.25, -0.2) is 0 Å². The molecule has 0 fully saturated rings. The van der Waals surface area contributed by atoms with E-state index in [1.165, 1.54) is 0 Å². The van der Waals surface area contributed by atoms with Crippen molar-refractivity contribution in [2.75, 3.05) is 0 Å². The van der Waals surface area contributed by atoms with Crippen molar-refractivity contribution in [3.63, 3.8) is 0 Å². The Balaban J connectivity index is 4.24. The van der Waals surface area contributed by atoms with Crippen LogP contribution in [0.25, 0.3) is 0 Å². The van der Waals surface area contributed by atoms with Gasteiger partial charge in [-0.3, -0.25) is 14.4 Å². The average Bonchev–Trinajstić information content (AvgIpc) is 1.98. The molecule has 0 aromatic rings. The predicted molar refractivity (Wildman–Crippen MR) is 38.7 cm³/mol. The molecule has 0 aromatic carbocycles. The fourth-order valence-corrected chi connectivity index (χ4v) is 0.652. The molecule has 0 amide bonds. The van der Waals surface area contributed by atoms with Gasteiger partial charge in [-0.15, -0.1) is 0 Å². The Labute approximate surface area is 69.0 Å². The summed E-state index contributed by atoms with van der Waals surface area (Å²) in [7, 11) is 0. The van der Waals surface area contributed by atoms with Crippen molar-refractivity contribution >= 4 is 17.7 Å². The smallest absolute Gasteiger partial charge is 0.318 e. The second-order valence-corrected chi connectivity index (χ2v) is 2.33. The lowest BCUT2D eigenvalue weighted by Crippen LogP contribution is -2.25. The zero-order valence-corrected chi connectivity index (χ0v) is 6.61. The lowest BCUT2D eigenvalue weighted by atomic mass is 10.0. The standard InChI is InChI=1S/C7H10O5/c1-2-4(8)3-5(6(9)10)7(11)12/h5H,2-3H2,1H3,(H,9,10)(H,11,12). The third kappa shape index (κ3) is 3.14. The monoisotopic (exact) mass is 174 g/mol. The maximum Gasteiger partial charge on any atom is 0.318 e. The molecule has 0 aliphatic heterocycles. The molecule has 5 nitrogen and oxygen atoms in total. The van der Waals surface area contributed by atoms with Crippen molar-refractivity contribution in [1.29, 1.82) is 0 Å². The summed E-state index contributed by atoms with van der Waals surface area (Å²) >= 11 is 0. The fourth-order valence-electron chi connectivity index (χ4n) is 0.652. The summed E-state index contributed by atoms with van der Waals surface area (Å²) in [6, 6.07) is 0. The molecule has 0 radical (unpaired) electrons. The van der Waals surface area contributed by atoms with Gasteiger partial charge >= 0.3 is 11.9 Å². The van der Waals surface area contributed by atoms with Crippen molar-refractivity contribution in [2.45, 2.75) is 19.8 Å². The van der Waals surface area contributed by atoms with Gasteiger partial charge in [0.25, 0.3) is 0 Å². The first-order valence-corrected chi connectivity index (χ1v) is 3.46. The number of ketones is 1. The highest BCUT2D eigenvalue weighted by molar-refractivity contribution is 5.97. The molecular formula is C7H10O5. The van der Waals surface area contributed by atoms with Crippen molar-refractivity contribution in [1.82, 2.24) is 0 Å². The molecule has 2 N–H and O–H groups in total. The molecule has 0 unspecified atom stereocenters. The van der Waals surface area contributed by atoms with Gasteiger partial charge in [0.1, 0.15) is 5.78 Å². The molecule has 0 heterocycles. The zero-order valence-electron chi connectivity index (χ0n) is 6.61. The summed E-state index contributed by atoms with van der Waals surface area (Å²) in [5.74, 6) is -4.89. The Morgan fingerprint density at radius 3 is 1.83 bits per heavy atom. The second-order valence-electron chi connectivity index (χ2n) is 2.33. The van der Waals surface area contributed by atoms with E-state index in [1.54, 1.807) is 6.92 Å². The van der Waals surface area contributed by atoms with Gasteiger partial charge in [-0.05, 0) is 0 Å². The first-order chi connectivity index (χ1) is 5.49. The molecule has 0 atom stereocenters. The molecule has 5 heteroatoms. The van der Waals surface area contributed by atoms with Gasteiger partial charge in [-0.2, -0.15) is 0 Å². The topological polar surface area (TPSA) is 91.7 Å². The fraction of sp³-hybridized carbons (Fsp3) is 0.571. The number of carboxylic acid groups (broad SMARTS) is 2. The highest BCUT2D eigenvalue weighted by Crippen LogP contribution is 2.05. The van der Waals surface area contributed by atoms with E-state index in [-0.39, 0.29) is 12.2 Å². The summed E-state index contributed by atoms with van der Waals surface area (Å²) in [4.78, 5) is 31.2. The van der Waals surface area contributed by atoms with Crippen LogP contribution in [0, 0.1) is 5.92 Å². The van der Waals surface area contributed by atoms with Gasteiger partial charge < -0.3 is 10.2 Å². The molecule has 0 bridgehead atoms. The van der Waals surface area contributed by atoms with Crippen LogP contribution in [-0.2, 0) is 14.4 Å². The van der Waals surface area contributed by atoms with Crippen LogP contribution >= 0.6 is 0 Å². The van der Waals surface area contributed by atoms with Crippen LogP contribution < -0.4 is 0 Å². The quantitative estimate of drug-likeness (QED) is 0.578. The molecule has 68 valence electrons. The van der Waals surface area contributed by atoms with Crippen molar-refractivity contribution in [2.24, 2.45) is 5.92 Å². The van der Waals surface area contributed by atoms with E-state index in [1.807, 2.05) is 0 Å².